The maximum absolute atomic E-state index is 13.1. The number of aryl methyl sites for hydroxylation is 4. The Kier molecular flexibility index (Phi) is 7.51. The fourth-order valence-electron chi connectivity index (χ4n) is 4.79. The fourth-order valence-corrected chi connectivity index (χ4v) is 4.79. The van der Waals surface area contributed by atoms with Crippen molar-refractivity contribution in [3.05, 3.63) is 44.5 Å². The summed E-state index contributed by atoms with van der Waals surface area (Å²) in [5.41, 5.74) is 3.77. The highest BCUT2D eigenvalue weighted by Gasteiger charge is 2.25. The van der Waals surface area contributed by atoms with Gasteiger partial charge in [-0.3, -0.25) is 14.5 Å². The highest BCUT2D eigenvalue weighted by molar-refractivity contribution is 6.00. The third-order valence-electron chi connectivity index (χ3n) is 7.25. The van der Waals surface area contributed by atoms with Gasteiger partial charge in [-0.1, -0.05) is 0 Å². The Morgan fingerprint density at radius 3 is 2.25 bits per heavy atom. The monoisotopic (exact) mass is 496 g/mol. The molecule has 0 spiro atoms. The summed E-state index contributed by atoms with van der Waals surface area (Å²) in [6, 6.07) is 2.00. The zero-order chi connectivity index (χ0) is 26.1. The van der Waals surface area contributed by atoms with Crippen molar-refractivity contribution < 1.29 is 18.4 Å². The normalized spacial score (nSPS) is 14.8. The van der Waals surface area contributed by atoms with Crippen molar-refractivity contribution in [3.8, 4) is 0 Å². The lowest BCUT2D eigenvalue weighted by molar-refractivity contribution is -0.132. The lowest BCUT2D eigenvalue weighted by atomic mass is 9.98. The third-order valence-corrected chi connectivity index (χ3v) is 7.25. The van der Waals surface area contributed by atoms with Crippen LogP contribution in [-0.2, 0) is 16.0 Å². The zero-order valence-electron chi connectivity index (χ0n) is 22.1. The predicted octanol–water partition coefficient (Wildman–Crippen LogP) is 2.14. The molecule has 0 bridgehead atoms. The third kappa shape index (κ3) is 5.17. The van der Waals surface area contributed by atoms with Crippen LogP contribution in [0.25, 0.3) is 21.9 Å². The summed E-state index contributed by atoms with van der Waals surface area (Å²) in [6.07, 6.45) is -0.00436. The molecule has 2 amide bonds. The van der Waals surface area contributed by atoms with E-state index in [4.69, 9.17) is 8.83 Å². The van der Waals surface area contributed by atoms with Crippen molar-refractivity contribution in [3.63, 3.8) is 0 Å². The maximum atomic E-state index is 13.1. The van der Waals surface area contributed by atoms with Crippen molar-refractivity contribution in [2.24, 2.45) is 0 Å². The van der Waals surface area contributed by atoms with Crippen molar-refractivity contribution in [1.82, 2.24) is 20.0 Å². The summed E-state index contributed by atoms with van der Waals surface area (Å²) >= 11 is 0. The first-order valence-corrected chi connectivity index (χ1v) is 12.4. The number of benzene rings is 1. The number of hydrogen-bond acceptors (Lipinski definition) is 7. The number of piperazine rings is 1. The van der Waals surface area contributed by atoms with Gasteiger partial charge in [0.1, 0.15) is 16.9 Å². The van der Waals surface area contributed by atoms with Crippen molar-refractivity contribution in [2.45, 2.75) is 34.1 Å². The molecule has 9 heteroatoms. The smallest absolute Gasteiger partial charge is 0.340 e. The van der Waals surface area contributed by atoms with Crippen molar-refractivity contribution >= 4 is 33.8 Å². The molecule has 2 aromatic heterocycles. The van der Waals surface area contributed by atoms with Crippen molar-refractivity contribution in [1.29, 1.82) is 0 Å². The molecule has 194 valence electrons. The highest BCUT2D eigenvalue weighted by atomic mass is 16.4. The Labute approximate surface area is 211 Å². The number of likely N-dealkylation sites (N-methyl/N-ethyl adjacent to an activating group) is 1. The van der Waals surface area contributed by atoms with Gasteiger partial charge in [-0.25, -0.2) is 4.79 Å². The van der Waals surface area contributed by atoms with Crippen LogP contribution in [-0.4, -0.2) is 86.4 Å². The van der Waals surface area contributed by atoms with E-state index in [0.717, 1.165) is 45.4 Å². The Hall–Kier alpha value is -3.17. The molecule has 3 aromatic rings. The first-order valence-electron chi connectivity index (χ1n) is 12.4. The van der Waals surface area contributed by atoms with E-state index >= 15 is 0 Å². The van der Waals surface area contributed by atoms with Gasteiger partial charge in [-0.2, -0.15) is 0 Å². The minimum absolute atomic E-state index is 0.00436. The largest absolute Gasteiger partial charge is 0.461 e. The zero-order valence-corrected chi connectivity index (χ0v) is 22.1. The van der Waals surface area contributed by atoms with Gasteiger partial charge in [0.25, 0.3) is 0 Å². The number of carbonyl (C=O) groups is 2. The van der Waals surface area contributed by atoms with E-state index < -0.39 is 5.63 Å². The SMILES string of the molecule is Cc1oc2c(C)c3oc(=O)c(CC(=O)N4CCN(CC(=O)NCCN(C)C)CC4)c(C)c3cc2c1C. The second-order valence-electron chi connectivity index (χ2n) is 10.0. The first-order chi connectivity index (χ1) is 17.1. The number of nitrogens with zero attached hydrogens (tertiary/aromatic N) is 3. The molecule has 3 heterocycles. The van der Waals surface area contributed by atoms with Gasteiger partial charge in [0, 0.05) is 55.6 Å². The van der Waals surface area contributed by atoms with Crippen LogP contribution in [0.2, 0.25) is 0 Å². The molecule has 36 heavy (non-hydrogen) atoms. The Morgan fingerprint density at radius 1 is 0.944 bits per heavy atom. The molecule has 0 radical (unpaired) electrons. The molecule has 0 saturated carbocycles. The second-order valence-corrected chi connectivity index (χ2v) is 10.0. The minimum atomic E-state index is -0.483. The van der Waals surface area contributed by atoms with Crippen LogP contribution in [0.1, 0.15) is 28.0 Å². The van der Waals surface area contributed by atoms with Gasteiger partial charge in [-0.15, -0.1) is 0 Å². The van der Waals surface area contributed by atoms with Gasteiger partial charge < -0.3 is 24.0 Å². The van der Waals surface area contributed by atoms with Crippen LogP contribution in [0.3, 0.4) is 0 Å². The maximum Gasteiger partial charge on any atom is 0.340 e. The van der Waals surface area contributed by atoms with E-state index in [9.17, 15) is 14.4 Å². The molecule has 0 unspecified atom stereocenters. The molecule has 1 aliphatic rings. The lowest BCUT2D eigenvalue weighted by Gasteiger charge is -2.34. The van der Waals surface area contributed by atoms with E-state index in [1.54, 1.807) is 4.90 Å². The Bertz CT molecular complexity index is 1360. The summed E-state index contributed by atoms with van der Waals surface area (Å²) in [4.78, 5) is 44.0. The number of hydrogen-bond donors (Lipinski definition) is 1. The number of fused-ring (bicyclic) bond motifs is 2. The standard InChI is InChI=1S/C27H36N4O5/c1-16-19(4)35-25-18(3)26-21(13-20(16)25)17(2)22(27(34)36-26)14-24(33)31-11-9-30(10-12-31)15-23(32)28-7-8-29(5)6/h13H,7-12,14-15H2,1-6H3,(H,28,32). The molecule has 1 N–H and O–H groups in total. The van der Waals surface area contributed by atoms with Crippen LogP contribution in [0.15, 0.2) is 19.7 Å². The van der Waals surface area contributed by atoms with Gasteiger partial charge in [-0.05, 0) is 59.0 Å². The number of amides is 2. The van der Waals surface area contributed by atoms with Crippen molar-refractivity contribution in [2.75, 3.05) is 59.9 Å². The van der Waals surface area contributed by atoms with Crippen LogP contribution < -0.4 is 10.9 Å². The van der Waals surface area contributed by atoms with Crippen LogP contribution in [0.5, 0.6) is 0 Å². The average Bonchev–Trinajstić information content (AvgIpc) is 3.11. The van der Waals surface area contributed by atoms with Gasteiger partial charge >= 0.3 is 5.63 Å². The molecular weight excluding hydrogens is 460 g/mol. The predicted molar refractivity (Wildman–Crippen MR) is 139 cm³/mol. The number of rotatable bonds is 7. The molecule has 0 atom stereocenters. The fraction of sp³-hybridized carbons (Fsp3) is 0.519. The molecule has 1 saturated heterocycles. The molecule has 1 aromatic carbocycles. The Morgan fingerprint density at radius 2 is 1.58 bits per heavy atom. The molecule has 1 aliphatic heterocycles. The quantitative estimate of drug-likeness (QED) is 0.501. The number of nitrogens with one attached hydrogen (secondary N) is 1. The minimum Gasteiger partial charge on any atom is -0.461 e. The van der Waals surface area contributed by atoms with E-state index in [-0.39, 0.29) is 18.2 Å². The number of carbonyl (C=O) groups excluding carboxylic acids is 2. The van der Waals surface area contributed by atoms with Crippen LogP contribution in [0.4, 0.5) is 0 Å². The van der Waals surface area contributed by atoms with E-state index in [0.29, 0.717) is 50.4 Å². The van der Waals surface area contributed by atoms with Gasteiger partial charge in [0.15, 0.2) is 0 Å². The topological polar surface area (TPSA) is 99.2 Å². The van der Waals surface area contributed by atoms with E-state index in [1.165, 1.54) is 0 Å². The lowest BCUT2D eigenvalue weighted by Crippen LogP contribution is -2.51. The second kappa shape index (κ2) is 10.4. The average molecular weight is 497 g/mol. The molecule has 0 aliphatic carbocycles. The van der Waals surface area contributed by atoms with E-state index in [2.05, 4.69) is 5.32 Å². The summed E-state index contributed by atoms with van der Waals surface area (Å²) in [7, 11) is 3.93. The molecule has 1 fully saturated rings. The van der Waals surface area contributed by atoms with E-state index in [1.807, 2.05) is 57.7 Å². The summed E-state index contributed by atoms with van der Waals surface area (Å²) in [5.74, 6) is 0.727. The summed E-state index contributed by atoms with van der Waals surface area (Å²) < 4.78 is 11.6. The molecule has 4 rings (SSSR count). The summed E-state index contributed by atoms with van der Waals surface area (Å²) in [5, 5.41) is 4.74. The number of furan rings is 1. The van der Waals surface area contributed by atoms with Gasteiger partial charge in [0.05, 0.1) is 18.5 Å². The molecule has 9 nitrogen and oxygen atoms in total. The molecular formula is C27H36N4O5. The first kappa shape index (κ1) is 25.9. The Balaban J connectivity index is 1.44. The highest BCUT2D eigenvalue weighted by Crippen LogP contribution is 2.34. The van der Waals surface area contributed by atoms with Crippen LogP contribution >= 0.6 is 0 Å². The summed E-state index contributed by atoms with van der Waals surface area (Å²) in [6.45, 7) is 11.7. The van der Waals surface area contributed by atoms with Gasteiger partial charge in [0.2, 0.25) is 11.8 Å². The van der Waals surface area contributed by atoms with Crippen LogP contribution in [0, 0.1) is 27.7 Å².